The maximum atomic E-state index is 13.7. The summed E-state index contributed by atoms with van der Waals surface area (Å²) >= 11 is 12.8. The van der Waals surface area contributed by atoms with Crippen LogP contribution in [-0.2, 0) is 15.0 Å². The molecule has 2 aliphatic heterocycles. The molecule has 4 heterocycles. The largest absolute Gasteiger partial charge is 0.389 e. The summed E-state index contributed by atoms with van der Waals surface area (Å²) in [5, 5.41) is 7.05. The first kappa shape index (κ1) is 25.5. The van der Waals surface area contributed by atoms with Crippen molar-refractivity contribution in [3.63, 3.8) is 0 Å². The molecule has 0 unspecified atom stereocenters. The molecule has 0 atom stereocenters. The Labute approximate surface area is 218 Å². The number of nitrogens with one attached hydrogen (secondary N) is 1. The van der Waals surface area contributed by atoms with Crippen LogP contribution < -0.4 is 4.90 Å². The molecule has 1 fully saturated rings. The standard InChI is InChI=1S/C24H20Cl2F3N5O3/c25-14-1-4-18-19(20(14)26)23(22(37)34(18)12-13(35)5-6-24(27,28)29)7-9-33(10-8-23)21(36)16-3-2-15-17(31-16)11-30-32-15/h1-4,11H,5-10,12H2,(H,30,32). The summed E-state index contributed by atoms with van der Waals surface area (Å²) in [5.41, 5.74) is 1.12. The van der Waals surface area contributed by atoms with Crippen LogP contribution in [-0.4, -0.2) is 63.5 Å². The SMILES string of the molecule is O=C(CCC(F)(F)F)CN1C(=O)C2(CCN(C(=O)c3ccc4[nH]ncc4n3)CC2)c2c1ccc(Cl)c2Cl. The average molecular weight is 554 g/mol. The number of alkyl halides is 3. The lowest BCUT2D eigenvalue weighted by molar-refractivity contribution is -0.142. The Hall–Kier alpha value is -3.18. The Morgan fingerprint density at radius 3 is 2.54 bits per heavy atom. The number of likely N-dealkylation sites (tertiary alicyclic amines) is 1. The van der Waals surface area contributed by atoms with Gasteiger partial charge < -0.3 is 9.80 Å². The number of benzene rings is 1. The number of Topliss-reactive ketones (excluding diaryl/α,β-unsaturated/α-hetero) is 1. The molecule has 2 aliphatic rings. The van der Waals surface area contributed by atoms with Crippen LogP contribution in [0.25, 0.3) is 11.0 Å². The Balaban J connectivity index is 1.39. The number of halogens is 5. The summed E-state index contributed by atoms with van der Waals surface area (Å²) in [6, 6.07) is 6.34. The Bertz CT molecular complexity index is 1420. The second-order valence-electron chi connectivity index (χ2n) is 9.17. The smallest absolute Gasteiger partial charge is 0.337 e. The molecule has 2 amide bonds. The number of aromatic amines is 1. The van der Waals surface area contributed by atoms with E-state index in [1.807, 2.05) is 0 Å². The predicted octanol–water partition coefficient (Wildman–Crippen LogP) is 4.70. The van der Waals surface area contributed by atoms with Crippen LogP contribution in [0.4, 0.5) is 18.9 Å². The quantitative estimate of drug-likeness (QED) is 0.493. The van der Waals surface area contributed by atoms with Gasteiger partial charge in [-0.25, -0.2) is 4.98 Å². The monoisotopic (exact) mass is 553 g/mol. The number of amides is 2. The van der Waals surface area contributed by atoms with E-state index in [2.05, 4.69) is 15.2 Å². The van der Waals surface area contributed by atoms with E-state index in [4.69, 9.17) is 23.2 Å². The lowest BCUT2D eigenvalue weighted by Crippen LogP contribution is -2.51. The van der Waals surface area contributed by atoms with Gasteiger partial charge in [0.2, 0.25) is 5.91 Å². The molecule has 1 aromatic carbocycles. The highest BCUT2D eigenvalue weighted by atomic mass is 35.5. The zero-order valence-electron chi connectivity index (χ0n) is 19.2. The molecule has 0 aliphatic carbocycles. The molecule has 37 heavy (non-hydrogen) atoms. The summed E-state index contributed by atoms with van der Waals surface area (Å²) < 4.78 is 37.8. The average Bonchev–Trinajstić information content (AvgIpc) is 3.42. The molecule has 0 saturated carbocycles. The fraction of sp³-hybridized carbons (Fsp3) is 0.375. The zero-order chi connectivity index (χ0) is 26.5. The minimum Gasteiger partial charge on any atom is -0.337 e. The highest BCUT2D eigenvalue weighted by molar-refractivity contribution is 6.43. The van der Waals surface area contributed by atoms with E-state index < -0.39 is 42.7 Å². The van der Waals surface area contributed by atoms with Gasteiger partial charge in [-0.15, -0.1) is 0 Å². The molecule has 0 bridgehead atoms. The lowest BCUT2D eigenvalue weighted by Gasteiger charge is -2.38. The van der Waals surface area contributed by atoms with Gasteiger partial charge in [0.25, 0.3) is 5.91 Å². The Morgan fingerprint density at radius 2 is 1.84 bits per heavy atom. The number of carbonyl (C=O) groups excluding carboxylic acids is 3. The fourth-order valence-corrected chi connectivity index (χ4v) is 5.55. The first-order valence-electron chi connectivity index (χ1n) is 11.5. The van der Waals surface area contributed by atoms with Gasteiger partial charge in [0.1, 0.15) is 11.2 Å². The summed E-state index contributed by atoms with van der Waals surface area (Å²) in [4.78, 5) is 46.4. The van der Waals surface area contributed by atoms with Crippen LogP contribution in [0.2, 0.25) is 10.0 Å². The van der Waals surface area contributed by atoms with Crippen LogP contribution in [0.15, 0.2) is 30.5 Å². The topological polar surface area (TPSA) is 99.3 Å². The lowest BCUT2D eigenvalue weighted by atomic mass is 9.73. The van der Waals surface area contributed by atoms with E-state index in [-0.39, 0.29) is 47.6 Å². The number of rotatable bonds is 5. The van der Waals surface area contributed by atoms with Crippen molar-refractivity contribution < 1.29 is 27.6 Å². The third-order valence-corrected chi connectivity index (χ3v) is 7.74. The molecule has 13 heteroatoms. The normalized spacial score (nSPS) is 17.1. The molecule has 1 saturated heterocycles. The van der Waals surface area contributed by atoms with Crippen molar-refractivity contribution in [3.8, 4) is 0 Å². The number of hydrogen-bond acceptors (Lipinski definition) is 5. The van der Waals surface area contributed by atoms with Crippen molar-refractivity contribution in [3.05, 3.63) is 51.8 Å². The van der Waals surface area contributed by atoms with Gasteiger partial charge in [0.15, 0.2) is 5.78 Å². The number of pyridine rings is 1. The molecule has 0 radical (unpaired) electrons. The molecule has 2 aromatic heterocycles. The molecule has 1 N–H and O–H groups in total. The van der Waals surface area contributed by atoms with Crippen molar-refractivity contribution in [2.45, 2.75) is 37.3 Å². The maximum absolute atomic E-state index is 13.7. The predicted molar refractivity (Wildman–Crippen MR) is 130 cm³/mol. The Morgan fingerprint density at radius 1 is 1.11 bits per heavy atom. The van der Waals surface area contributed by atoms with Gasteiger partial charge in [0.05, 0.1) is 45.8 Å². The number of nitrogens with zero attached hydrogens (tertiary/aromatic N) is 4. The number of fused-ring (bicyclic) bond motifs is 3. The third-order valence-electron chi connectivity index (χ3n) is 6.94. The summed E-state index contributed by atoms with van der Waals surface area (Å²) in [6.45, 7) is -0.0967. The highest BCUT2D eigenvalue weighted by Crippen LogP contribution is 2.52. The van der Waals surface area contributed by atoms with Gasteiger partial charge in [-0.3, -0.25) is 19.5 Å². The minimum atomic E-state index is -4.48. The number of hydrogen-bond donors (Lipinski definition) is 1. The molecule has 194 valence electrons. The van der Waals surface area contributed by atoms with E-state index in [0.29, 0.717) is 22.3 Å². The van der Waals surface area contributed by atoms with E-state index in [1.165, 1.54) is 17.2 Å². The van der Waals surface area contributed by atoms with Crippen molar-refractivity contribution >= 4 is 57.5 Å². The maximum Gasteiger partial charge on any atom is 0.389 e. The first-order chi connectivity index (χ1) is 17.5. The number of ketones is 1. The van der Waals surface area contributed by atoms with Crippen LogP contribution in [0.3, 0.4) is 0 Å². The number of carbonyl (C=O) groups is 3. The van der Waals surface area contributed by atoms with E-state index in [9.17, 15) is 27.6 Å². The molecule has 3 aromatic rings. The minimum absolute atomic E-state index is 0.157. The molecule has 8 nitrogen and oxygen atoms in total. The first-order valence-corrected chi connectivity index (χ1v) is 12.2. The van der Waals surface area contributed by atoms with Gasteiger partial charge in [-0.1, -0.05) is 23.2 Å². The van der Waals surface area contributed by atoms with Crippen LogP contribution >= 0.6 is 23.2 Å². The van der Waals surface area contributed by atoms with E-state index >= 15 is 0 Å². The number of H-pyrrole nitrogens is 1. The van der Waals surface area contributed by atoms with Gasteiger partial charge in [-0.2, -0.15) is 18.3 Å². The Kier molecular flexibility index (Phi) is 6.39. The van der Waals surface area contributed by atoms with Crippen molar-refractivity contribution in [1.82, 2.24) is 20.1 Å². The third kappa shape index (κ3) is 4.54. The summed E-state index contributed by atoms with van der Waals surface area (Å²) in [7, 11) is 0. The molecule has 5 rings (SSSR count). The van der Waals surface area contributed by atoms with Crippen molar-refractivity contribution in [2.24, 2.45) is 0 Å². The van der Waals surface area contributed by atoms with E-state index in [0.717, 1.165) is 0 Å². The molecular formula is C24H20Cl2F3N5O3. The van der Waals surface area contributed by atoms with Gasteiger partial charge in [0, 0.05) is 25.1 Å². The molecular weight excluding hydrogens is 534 g/mol. The van der Waals surface area contributed by atoms with Gasteiger partial charge in [-0.05, 0) is 37.1 Å². The van der Waals surface area contributed by atoms with Crippen LogP contribution in [0, 0.1) is 0 Å². The summed E-state index contributed by atoms with van der Waals surface area (Å²) in [5.74, 6) is -1.45. The van der Waals surface area contributed by atoms with Crippen LogP contribution in [0.5, 0.6) is 0 Å². The second kappa shape index (κ2) is 9.29. The number of anilines is 1. The van der Waals surface area contributed by atoms with E-state index in [1.54, 1.807) is 23.1 Å². The van der Waals surface area contributed by atoms with Crippen molar-refractivity contribution in [2.75, 3.05) is 24.5 Å². The van der Waals surface area contributed by atoms with Gasteiger partial charge >= 0.3 is 6.18 Å². The number of piperidine rings is 1. The van der Waals surface area contributed by atoms with Crippen molar-refractivity contribution in [1.29, 1.82) is 0 Å². The molecule has 1 spiro atoms. The zero-order valence-corrected chi connectivity index (χ0v) is 20.8. The number of aromatic nitrogens is 3. The van der Waals surface area contributed by atoms with Crippen LogP contribution in [0.1, 0.15) is 41.7 Å². The highest BCUT2D eigenvalue weighted by Gasteiger charge is 2.54. The summed E-state index contributed by atoms with van der Waals surface area (Å²) in [6.07, 6.45) is -4.55. The fourth-order valence-electron chi connectivity index (χ4n) is 5.06. The second-order valence-corrected chi connectivity index (χ2v) is 9.96.